The number of phenolic OH excluding ortho intramolecular Hbond substituents is 1. The Morgan fingerprint density at radius 1 is 1.11 bits per heavy atom. The van der Waals surface area contributed by atoms with E-state index in [4.69, 9.17) is 11.6 Å². The van der Waals surface area contributed by atoms with Gasteiger partial charge >= 0.3 is 0 Å². The van der Waals surface area contributed by atoms with Crippen molar-refractivity contribution in [3.8, 4) is 5.75 Å². The van der Waals surface area contributed by atoms with Gasteiger partial charge in [0.1, 0.15) is 5.75 Å². The number of aryl methyl sites for hydroxylation is 1. The highest BCUT2D eigenvalue weighted by atomic mass is 35.5. The molecular weight excluding hydrogens is 388 g/mol. The van der Waals surface area contributed by atoms with E-state index in [0.717, 1.165) is 5.56 Å². The minimum Gasteiger partial charge on any atom is -0.506 e. The normalized spacial score (nSPS) is 11.6. The summed E-state index contributed by atoms with van der Waals surface area (Å²) in [5, 5.41) is 12.7. The molecule has 0 unspecified atom stereocenters. The summed E-state index contributed by atoms with van der Waals surface area (Å²) in [7, 11) is -3.49. The van der Waals surface area contributed by atoms with Gasteiger partial charge in [-0.05, 0) is 42.3 Å². The smallest absolute Gasteiger partial charge is 0.243 e. The van der Waals surface area contributed by atoms with E-state index in [1.807, 2.05) is 0 Å². The Balaban J connectivity index is 1.99. The zero-order valence-electron chi connectivity index (χ0n) is 15.3. The summed E-state index contributed by atoms with van der Waals surface area (Å²) >= 11 is 5.85. The Hall–Kier alpha value is -2.09. The van der Waals surface area contributed by atoms with Crippen molar-refractivity contribution in [3.05, 3.63) is 53.1 Å². The molecule has 27 heavy (non-hydrogen) atoms. The summed E-state index contributed by atoms with van der Waals surface area (Å²) in [6.07, 6.45) is 0.632. The molecule has 2 N–H and O–H groups in total. The zero-order chi connectivity index (χ0) is 20.0. The molecule has 0 fully saturated rings. The Morgan fingerprint density at radius 3 is 2.33 bits per heavy atom. The van der Waals surface area contributed by atoms with Gasteiger partial charge < -0.3 is 10.4 Å². The zero-order valence-corrected chi connectivity index (χ0v) is 16.8. The number of rotatable bonds is 8. The molecule has 1 amide bonds. The van der Waals surface area contributed by atoms with Crippen LogP contribution in [0.4, 0.5) is 5.69 Å². The first kappa shape index (κ1) is 21.2. The van der Waals surface area contributed by atoms with E-state index in [9.17, 15) is 18.3 Å². The molecule has 0 aliphatic heterocycles. The Bertz CT molecular complexity index is 894. The van der Waals surface area contributed by atoms with E-state index < -0.39 is 10.0 Å². The second-order valence-corrected chi connectivity index (χ2v) is 8.32. The van der Waals surface area contributed by atoms with Crippen LogP contribution in [-0.4, -0.2) is 36.8 Å². The Kier molecular flexibility index (Phi) is 7.24. The van der Waals surface area contributed by atoms with E-state index in [-0.39, 0.29) is 28.7 Å². The summed E-state index contributed by atoms with van der Waals surface area (Å²) in [5.41, 5.74) is 1.10. The van der Waals surface area contributed by atoms with Gasteiger partial charge in [-0.3, -0.25) is 4.79 Å². The van der Waals surface area contributed by atoms with E-state index >= 15 is 0 Å². The molecule has 0 heterocycles. The van der Waals surface area contributed by atoms with Crippen molar-refractivity contribution < 1.29 is 18.3 Å². The van der Waals surface area contributed by atoms with Crippen molar-refractivity contribution in [2.24, 2.45) is 0 Å². The number of halogens is 1. The number of carbonyl (C=O) groups is 1. The summed E-state index contributed by atoms with van der Waals surface area (Å²) in [4.78, 5) is 12.3. The standard InChI is InChI=1S/C19H23ClN2O4S/c1-3-22(4-2)27(25,26)16-9-5-14(6-10-16)7-12-19(24)21-17-13-15(20)8-11-18(17)23/h5-6,8-11,13,23H,3-4,7,12H2,1-2H3,(H,21,24). The lowest BCUT2D eigenvalue weighted by atomic mass is 10.1. The molecule has 0 spiro atoms. The molecule has 0 atom stereocenters. The minimum absolute atomic E-state index is 0.0567. The first-order chi connectivity index (χ1) is 12.8. The van der Waals surface area contributed by atoms with Crippen LogP contribution < -0.4 is 5.32 Å². The van der Waals surface area contributed by atoms with Crippen LogP contribution in [0.2, 0.25) is 5.02 Å². The maximum atomic E-state index is 12.5. The third-order valence-electron chi connectivity index (χ3n) is 4.14. The number of aromatic hydroxyl groups is 1. The van der Waals surface area contributed by atoms with Gasteiger partial charge in [-0.2, -0.15) is 4.31 Å². The third-order valence-corrected chi connectivity index (χ3v) is 6.44. The fourth-order valence-electron chi connectivity index (χ4n) is 2.62. The maximum Gasteiger partial charge on any atom is 0.243 e. The minimum atomic E-state index is -3.49. The number of nitrogens with zero attached hydrogens (tertiary/aromatic N) is 1. The van der Waals surface area contributed by atoms with Crippen molar-refractivity contribution in [2.45, 2.75) is 31.6 Å². The lowest BCUT2D eigenvalue weighted by Gasteiger charge is -2.18. The monoisotopic (exact) mass is 410 g/mol. The molecule has 0 saturated heterocycles. The van der Waals surface area contributed by atoms with Crippen LogP contribution in [0.1, 0.15) is 25.8 Å². The van der Waals surface area contributed by atoms with Crippen LogP contribution in [0, 0.1) is 0 Å². The van der Waals surface area contributed by atoms with E-state index in [0.29, 0.717) is 24.5 Å². The van der Waals surface area contributed by atoms with Crippen LogP contribution in [0.3, 0.4) is 0 Å². The van der Waals surface area contributed by atoms with Gasteiger partial charge in [0.2, 0.25) is 15.9 Å². The fourth-order valence-corrected chi connectivity index (χ4v) is 4.25. The van der Waals surface area contributed by atoms with Gasteiger partial charge in [0.15, 0.2) is 0 Å². The van der Waals surface area contributed by atoms with Gasteiger partial charge in [0.05, 0.1) is 10.6 Å². The number of hydrogen-bond acceptors (Lipinski definition) is 4. The van der Waals surface area contributed by atoms with Crippen LogP contribution in [0.15, 0.2) is 47.4 Å². The van der Waals surface area contributed by atoms with Crippen LogP contribution in [-0.2, 0) is 21.2 Å². The van der Waals surface area contributed by atoms with Crippen molar-refractivity contribution in [1.82, 2.24) is 4.31 Å². The topological polar surface area (TPSA) is 86.7 Å². The second-order valence-electron chi connectivity index (χ2n) is 5.94. The van der Waals surface area contributed by atoms with Gasteiger partial charge in [-0.15, -0.1) is 0 Å². The Labute approximate surface area is 164 Å². The quantitative estimate of drug-likeness (QED) is 0.650. The average Bonchev–Trinajstić information content (AvgIpc) is 2.64. The third kappa shape index (κ3) is 5.45. The fraction of sp³-hybridized carbons (Fsp3) is 0.316. The SMILES string of the molecule is CCN(CC)S(=O)(=O)c1ccc(CCC(=O)Nc2cc(Cl)ccc2O)cc1. The van der Waals surface area contributed by atoms with Crippen LogP contribution >= 0.6 is 11.6 Å². The highest BCUT2D eigenvalue weighted by Crippen LogP contribution is 2.26. The van der Waals surface area contributed by atoms with E-state index in [1.54, 1.807) is 38.1 Å². The van der Waals surface area contributed by atoms with Gasteiger partial charge in [0, 0.05) is 24.5 Å². The Morgan fingerprint density at radius 2 is 1.74 bits per heavy atom. The van der Waals surface area contributed by atoms with Crippen LogP contribution in [0.5, 0.6) is 5.75 Å². The molecule has 0 aliphatic rings. The molecule has 146 valence electrons. The lowest BCUT2D eigenvalue weighted by molar-refractivity contribution is -0.116. The number of hydrogen-bond donors (Lipinski definition) is 2. The molecule has 2 rings (SSSR count). The summed E-state index contributed by atoms with van der Waals surface area (Å²) in [6.45, 7) is 4.42. The molecule has 8 heteroatoms. The summed E-state index contributed by atoms with van der Waals surface area (Å²) in [6, 6.07) is 10.9. The number of anilines is 1. The molecule has 0 aromatic heterocycles. The first-order valence-electron chi connectivity index (χ1n) is 8.65. The van der Waals surface area contributed by atoms with Gasteiger partial charge in [-0.1, -0.05) is 37.6 Å². The number of sulfonamides is 1. The van der Waals surface area contributed by atoms with Crippen molar-refractivity contribution in [1.29, 1.82) is 0 Å². The molecule has 0 aliphatic carbocycles. The number of amides is 1. The lowest BCUT2D eigenvalue weighted by Crippen LogP contribution is -2.30. The predicted octanol–water partition coefficient (Wildman–Crippen LogP) is 3.65. The molecular formula is C19H23ClN2O4S. The molecule has 0 bridgehead atoms. The highest BCUT2D eigenvalue weighted by molar-refractivity contribution is 7.89. The van der Waals surface area contributed by atoms with Crippen molar-refractivity contribution >= 4 is 33.2 Å². The van der Waals surface area contributed by atoms with Gasteiger partial charge in [0.25, 0.3) is 0 Å². The number of carbonyl (C=O) groups excluding carboxylic acids is 1. The first-order valence-corrected chi connectivity index (χ1v) is 10.5. The largest absolute Gasteiger partial charge is 0.506 e. The van der Waals surface area contributed by atoms with Crippen LogP contribution in [0.25, 0.3) is 0 Å². The molecule has 2 aromatic rings. The molecule has 0 saturated carbocycles. The second kappa shape index (κ2) is 9.21. The highest BCUT2D eigenvalue weighted by Gasteiger charge is 2.21. The molecule has 2 aromatic carbocycles. The van der Waals surface area contributed by atoms with Crippen molar-refractivity contribution in [2.75, 3.05) is 18.4 Å². The maximum absolute atomic E-state index is 12.5. The summed E-state index contributed by atoms with van der Waals surface area (Å²) < 4.78 is 26.3. The van der Waals surface area contributed by atoms with E-state index in [2.05, 4.69) is 5.32 Å². The van der Waals surface area contributed by atoms with E-state index in [1.165, 1.54) is 22.5 Å². The molecule has 0 radical (unpaired) electrons. The number of phenols is 1. The van der Waals surface area contributed by atoms with Gasteiger partial charge in [-0.25, -0.2) is 8.42 Å². The summed E-state index contributed by atoms with van der Waals surface area (Å²) in [5.74, 6) is -0.328. The number of benzene rings is 2. The van der Waals surface area contributed by atoms with Crippen molar-refractivity contribution in [3.63, 3.8) is 0 Å². The predicted molar refractivity (Wildman–Crippen MR) is 107 cm³/mol. The molecule has 6 nitrogen and oxygen atoms in total. The average molecular weight is 411 g/mol. The number of nitrogens with one attached hydrogen (secondary N) is 1.